The Morgan fingerprint density at radius 1 is 1.29 bits per heavy atom. The summed E-state index contributed by atoms with van der Waals surface area (Å²) in [5.41, 5.74) is 2.14. The number of hydrogen-bond acceptors (Lipinski definition) is 5. The quantitative estimate of drug-likeness (QED) is 0.624. The highest BCUT2D eigenvalue weighted by molar-refractivity contribution is 5.93. The van der Waals surface area contributed by atoms with Crippen LogP contribution in [0.3, 0.4) is 0 Å². The van der Waals surface area contributed by atoms with E-state index in [4.69, 9.17) is 5.26 Å². The van der Waals surface area contributed by atoms with Crippen LogP contribution in [0, 0.1) is 24.1 Å². The summed E-state index contributed by atoms with van der Waals surface area (Å²) >= 11 is 0. The Bertz CT molecular complexity index is 1040. The number of nitriles is 1. The molecule has 1 aromatic heterocycles. The molecule has 1 atom stereocenters. The minimum absolute atomic E-state index is 0.0734. The van der Waals surface area contributed by atoms with Crippen LogP contribution in [0.15, 0.2) is 42.7 Å². The lowest BCUT2D eigenvalue weighted by Gasteiger charge is -2.23. The van der Waals surface area contributed by atoms with E-state index in [0.29, 0.717) is 16.9 Å². The topological polar surface area (TPSA) is 98.0 Å². The van der Waals surface area contributed by atoms with E-state index in [1.807, 2.05) is 39.8 Å². The highest BCUT2D eigenvalue weighted by Crippen LogP contribution is 2.28. The lowest BCUT2D eigenvalue weighted by atomic mass is 9.83. The van der Waals surface area contributed by atoms with Crippen molar-refractivity contribution in [1.82, 2.24) is 10.3 Å². The van der Waals surface area contributed by atoms with Gasteiger partial charge in [-0.2, -0.15) is 5.26 Å². The van der Waals surface area contributed by atoms with Crippen LogP contribution in [-0.4, -0.2) is 28.1 Å². The highest BCUT2D eigenvalue weighted by Gasteiger charge is 2.26. The Labute approximate surface area is 182 Å². The summed E-state index contributed by atoms with van der Waals surface area (Å²) in [6.45, 7) is 13.0. The van der Waals surface area contributed by atoms with Crippen LogP contribution in [0.2, 0.25) is 0 Å². The van der Waals surface area contributed by atoms with E-state index in [9.17, 15) is 14.3 Å². The average Bonchev–Trinajstić information content (AvgIpc) is 2.69. The van der Waals surface area contributed by atoms with Gasteiger partial charge in [0.1, 0.15) is 17.1 Å². The smallest absolute Gasteiger partial charge is 0.271 e. The van der Waals surface area contributed by atoms with Crippen molar-refractivity contribution in [3.63, 3.8) is 0 Å². The molecular formula is C24H29FN4O2. The van der Waals surface area contributed by atoms with Gasteiger partial charge in [0.15, 0.2) is 0 Å². The van der Waals surface area contributed by atoms with Crippen molar-refractivity contribution in [3.05, 3.63) is 70.9 Å². The lowest BCUT2D eigenvalue weighted by Crippen LogP contribution is -2.47. The first kappa shape index (κ1) is 24.0. The highest BCUT2D eigenvalue weighted by atomic mass is 19.1. The molecule has 0 aliphatic carbocycles. The SMILES string of the molecule is C=C(Cc1cc(C)c(C(C)(C)C)cc1F)Nc1ccnc(C(=O)NC(C)(C#N)CO)c1. The van der Waals surface area contributed by atoms with E-state index in [1.54, 1.807) is 12.1 Å². The molecule has 1 amide bonds. The number of carbonyl (C=O) groups is 1. The number of amides is 1. The Balaban J connectivity index is 2.14. The number of carbonyl (C=O) groups excluding carboxylic acids is 1. The van der Waals surface area contributed by atoms with Gasteiger partial charge in [0.05, 0.1) is 12.7 Å². The Kier molecular flexibility index (Phi) is 7.19. The maximum absolute atomic E-state index is 14.7. The zero-order valence-electron chi connectivity index (χ0n) is 18.6. The van der Waals surface area contributed by atoms with Crippen molar-refractivity contribution >= 4 is 11.6 Å². The monoisotopic (exact) mass is 424 g/mol. The Morgan fingerprint density at radius 2 is 1.97 bits per heavy atom. The van der Waals surface area contributed by atoms with Gasteiger partial charge in [0.25, 0.3) is 5.91 Å². The number of nitrogens with one attached hydrogen (secondary N) is 2. The molecule has 6 nitrogen and oxygen atoms in total. The number of aliphatic hydroxyl groups excluding tert-OH is 1. The minimum atomic E-state index is -1.40. The molecule has 0 saturated heterocycles. The van der Waals surface area contributed by atoms with Crippen molar-refractivity contribution in [2.24, 2.45) is 0 Å². The van der Waals surface area contributed by atoms with Crippen LogP contribution >= 0.6 is 0 Å². The van der Waals surface area contributed by atoms with Crippen molar-refractivity contribution in [1.29, 1.82) is 5.26 Å². The normalized spacial score (nSPS) is 13.1. The van der Waals surface area contributed by atoms with Crippen LogP contribution in [0.1, 0.15) is 54.9 Å². The predicted molar refractivity (Wildman–Crippen MR) is 119 cm³/mol. The fraction of sp³-hybridized carbons (Fsp3) is 0.375. The number of hydrogen-bond donors (Lipinski definition) is 3. The van der Waals surface area contributed by atoms with Crippen LogP contribution < -0.4 is 10.6 Å². The number of benzene rings is 1. The molecule has 0 saturated carbocycles. The first-order valence-corrected chi connectivity index (χ1v) is 9.93. The number of allylic oxidation sites excluding steroid dienone is 1. The fourth-order valence-corrected chi connectivity index (χ4v) is 3.21. The van der Waals surface area contributed by atoms with Gasteiger partial charge in [-0.1, -0.05) is 33.4 Å². The van der Waals surface area contributed by atoms with Gasteiger partial charge in [0, 0.05) is 24.0 Å². The molecule has 31 heavy (non-hydrogen) atoms. The third-order valence-electron chi connectivity index (χ3n) is 4.87. The second-order valence-electron chi connectivity index (χ2n) is 8.90. The van der Waals surface area contributed by atoms with E-state index in [1.165, 1.54) is 19.2 Å². The number of aromatic nitrogens is 1. The summed E-state index contributed by atoms with van der Waals surface area (Å²) in [4.78, 5) is 16.4. The van der Waals surface area contributed by atoms with E-state index in [-0.39, 0.29) is 23.3 Å². The number of pyridine rings is 1. The number of aryl methyl sites for hydroxylation is 1. The molecule has 1 heterocycles. The third kappa shape index (κ3) is 6.12. The zero-order valence-corrected chi connectivity index (χ0v) is 18.6. The lowest BCUT2D eigenvalue weighted by molar-refractivity contribution is 0.0888. The molecule has 0 spiro atoms. The molecule has 2 aromatic rings. The van der Waals surface area contributed by atoms with Gasteiger partial charge in [-0.05, 0) is 54.2 Å². The molecule has 0 aliphatic heterocycles. The number of anilines is 1. The molecule has 0 radical (unpaired) electrons. The molecule has 7 heteroatoms. The van der Waals surface area contributed by atoms with Crippen molar-refractivity contribution in [2.45, 2.75) is 52.0 Å². The van der Waals surface area contributed by atoms with Crippen LogP contribution in [0.5, 0.6) is 0 Å². The van der Waals surface area contributed by atoms with E-state index in [2.05, 4.69) is 22.2 Å². The maximum Gasteiger partial charge on any atom is 0.271 e. The predicted octanol–water partition coefficient (Wildman–Crippen LogP) is 4.00. The molecule has 164 valence electrons. The second kappa shape index (κ2) is 9.27. The molecule has 0 fully saturated rings. The van der Waals surface area contributed by atoms with Gasteiger partial charge < -0.3 is 15.7 Å². The number of aliphatic hydroxyl groups is 1. The molecule has 1 aromatic carbocycles. The maximum atomic E-state index is 14.7. The van der Waals surface area contributed by atoms with Gasteiger partial charge in [-0.3, -0.25) is 9.78 Å². The second-order valence-corrected chi connectivity index (χ2v) is 8.90. The molecule has 0 aliphatic rings. The van der Waals surface area contributed by atoms with Crippen molar-refractivity contribution < 1.29 is 14.3 Å². The molecule has 2 rings (SSSR count). The Morgan fingerprint density at radius 3 is 2.55 bits per heavy atom. The molecular weight excluding hydrogens is 395 g/mol. The van der Waals surface area contributed by atoms with Crippen LogP contribution in [0.4, 0.5) is 10.1 Å². The Hall–Kier alpha value is -3.24. The van der Waals surface area contributed by atoms with Gasteiger partial charge >= 0.3 is 0 Å². The number of halogens is 1. The molecule has 3 N–H and O–H groups in total. The summed E-state index contributed by atoms with van der Waals surface area (Å²) < 4.78 is 14.7. The number of rotatable bonds is 7. The summed E-state index contributed by atoms with van der Waals surface area (Å²) in [5, 5.41) is 23.9. The first-order chi connectivity index (χ1) is 14.4. The van der Waals surface area contributed by atoms with Crippen molar-refractivity contribution in [2.75, 3.05) is 11.9 Å². The number of nitrogens with zero attached hydrogens (tertiary/aromatic N) is 2. The first-order valence-electron chi connectivity index (χ1n) is 9.93. The third-order valence-corrected chi connectivity index (χ3v) is 4.87. The van der Waals surface area contributed by atoms with Crippen LogP contribution in [0.25, 0.3) is 0 Å². The minimum Gasteiger partial charge on any atom is -0.393 e. The fourth-order valence-electron chi connectivity index (χ4n) is 3.21. The van der Waals surface area contributed by atoms with Gasteiger partial charge in [0.2, 0.25) is 0 Å². The summed E-state index contributed by atoms with van der Waals surface area (Å²) in [7, 11) is 0. The summed E-state index contributed by atoms with van der Waals surface area (Å²) in [6.07, 6.45) is 1.72. The average molecular weight is 425 g/mol. The van der Waals surface area contributed by atoms with E-state index in [0.717, 1.165) is 11.1 Å². The largest absolute Gasteiger partial charge is 0.393 e. The van der Waals surface area contributed by atoms with Crippen molar-refractivity contribution in [3.8, 4) is 6.07 Å². The van der Waals surface area contributed by atoms with Gasteiger partial charge in [-0.25, -0.2) is 4.39 Å². The molecule has 1 unspecified atom stereocenters. The van der Waals surface area contributed by atoms with Gasteiger partial charge in [-0.15, -0.1) is 0 Å². The standard InChI is InChI=1S/C24H29FN4O2/c1-15-9-17(20(25)12-19(15)23(3,4)5)10-16(2)28-18-7-8-27-21(11-18)22(31)29-24(6,13-26)14-30/h7-9,11-12,30H,2,10,14H2,1,3-6H3,(H,27,28)(H,29,31). The van der Waals surface area contributed by atoms with E-state index >= 15 is 0 Å². The zero-order chi connectivity index (χ0) is 23.4. The summed E-state index contributed by atoms with van der Waals surface area (Å²) in [5.74, 6) is -0.875. The van der Waals surface area contributed by atoms with E-state index < -0.39 is 18.1 Å². The molecule has 0 bridgehead atoms. The summed E-state index contributed by atoms with van der Waals surface area (Å²) in [6, 6.07) is 8.43. The van der Waals surface area contributed by atoms with Crippen LogP contribution in [-0.2, 0) is 11.8 Å².